The second-order valence-corrected chi connectivity index (χ2v) is 4.75. The summed E-state index contributed by atoms with van der Waals surface area (Å²) in [7, 11) is 0. The summed E-state index contributed by atoms with van der Waals surface area (Å²) >= 11 is 0. The van der Waals surface area contributed by atoms with E-state index in [0.29, 0.717) is 5.56 Å². The molecule has 18 heavy (non-hydrogen) atoms. The number of carboxylic acids is 1. The molecule has 0 atom stereocenters. The number of benzene rings is 1. The van der Waals surface area contributed by atoms with Crippen molar-refractivity contribution in [3.05, 3.63) is 29.3 Å². The lowest BCUT2D eigenvalue weighted by atomic mass is 10.1. The van der Waals surface area contributed by atoms with Crippen molar-refractivity contribution >= 4 is 11.7 Å². The summed E-state index contributed by atoms with van der Waals surface area (Å²) in [6.45, 7) is 9.03. The van der Waals surface area contributed by atoms with Gasteiger partial charge in [0.2, 0.25) is 0 Å². The van der Waals surface area contributed by atoms with Crippen LogP contribution < -0.4 is 4.90 Å². The summed E-state index contributed by atoms with van der Waals surface area (Å²) in [5, 5.41) is 9.25. The lowest BCUT2D eigenvalue weighted by Gasteiger charge is -2.36. The van der Waals surface area contributed by atoms with E-state index in [9.17, 15) is 9.90 Å². The van der Waals surface area contributed by atoms with Crippen LogP contribution in [0.5, 0.6) is 0 Å². The summed E-state index contributed by atoms with van der Waals surface area (Å²) in [4.78, 5) is 15.8. The van der Waals surface area contributed by atoms with Gasteiger partial charge in [0.25, 0.3) is 0 Å². The fraction of sp³-hybridized carbons (Fsp3) is 0.500. The monoisotopic (exact) mass is 248 g/mol. The van der Waals surface area contributed by atoms with Gasteiger partial charge in [-0.15, -0.1) is 0 Å². The summed E-state index contributed by atoms with van der Waals surface area (Å²) in [5.41, 5.74) is 2.37. The van der Waals surface area contributed by atoms with Crippen LogP contribution in [-0.2, 0) is 0 Å². The van der Waals surface area contributed by atoms with E-state index in [4.69, 9.17) is 0 Å². The molecular weight excluding hydrogens is 228 g/mol. The van der Waals surface area contributed by atoms with Gasteiger partial charge in [-0.3, -0.25) is 0 Å². The van der Waals surface area contributed by atoms with Gasteiger partial charge in [-0.05, 0) is 31.2 Å². The molecular formula is C14H20N2O2. The fourth-order valence-corrected chi connectivity index (χ4v) is 2.39. The standard InChI is InChI=1S/C14H20N2O2/c1-3-15-6-8-16(9-7-15)13-10-11(2)4-5-12(13)14(17)18/h4-5,10H,3,6-9H2,1-2H3,(H,17,18). The van der Waals surface area contributed by atoms with Gasteiger partial charge in [0.1, 0.15) is 0 Å². The first kappa shape index (κ1) is 12.9. The van der Waals surface area contributed by atoms with E-state index in [1.54, 1.807) is 6.07 Å². The SMILES string of the molecule is CCN1CCN(c2cc(C)ccc2C(=O)O)CC1. The van der Waals surface area contributed by atoms with Crippen LogP contribution in [0.2, 0.25) is 0 Å². The average molecular weight is 248 g/mol. The Labute approximate surface area is 108 Å². The topological polar surface area (TPSA) is 43.8 Å². The smallest absolute Gasteiger partial charge is 0.337 e. The molecule has 0 bridgehead atoms. The van der Waals surface area contributed by atoms with Gasteiger partial charge in [0, 0.05) is 26.2 Å². The van der Waals surface area contributed by atoms with Crippen LogP contribution in [0.25, 0.3) is 0 Å². The largest absolute Gasteiger partial charge is 0.478 e. The molecule has 1 N–H and O–H groups in total. The predicted molar refractivity (Wildman–Crippen MR) is 72.5 cm³/mol. The Morgan fingerprint density at radius 2 is 1.94 bits per heavy atom. The number of nitrogens with zero attached hydrogens (tertiary/aromatic N) is 2. The van der Waals surface area contributed by atoms with Crippen LogP contribution in [0.3, 0.4) is 0 Å². The number of aryl methyl sites for hydroxylation is 1. The third kappa shape index (κ3) is 2.64. The average Bonchev–Trinajstić information content (AvgIpc) is 2.38. The van der Waals surface area contributed by atoms with Crippen molar-refractivity contribution in [3.63, 3.8) is 0 Å². The number of carboxylic acid groups (broad SMARTS) is 1. The highest BCUT2D eigenvalue weighted by Gasteiger charge is 2.20. The normalized spacial score (nSPS) is 16.9. The molecule has 1 aliphatic rings. The maximum Gasteiger partial charge on any atom is 0.337 e. The van der Waals surface area contributed by atoms with Crippen molar-refractivity contribution in [1.82, 2.24) is 4.90 Å². The molecule has 0 aliphatic carbocycles. The first-order valence-corrected chi connectivity index (χ1v) is 6.43. The second-order valence-electron chi connectivity index (χ2n) is 4.75. The molecule has 1 fully saturated rings. The highest BCUT2D eigenvalue weighted by atomic mass is 16.4. The van der Waals surface area contributed by atoms with Crippen molar-refractivity contribution in [1.29, 1.82) is 0 Å². The van der Waals surface area contributed by atoms with Crippen molar-refractivity contribution in [2.45, 2.75) is 13.8 Å². The highest BCUT2D eigenvalue weighted by Crippen LogP contribution is 2.23. The molecule has 4 nitrogen and oxygen atoms in total. The van der Waals surface area contributed by atoms with E-state index in [-0.39, 0.29) is 0 Å². The van der Waals surface area contributed by atoms with Gasteiger partial charge in [-0.25, -0.2) is 4.79 Å². The molecule has 1 saturated heterocycles. The van der Waals surface area contributed by atoms with E-state index in [2.05, 4.69) is 16.7 Å². The number of anilines is 1. The maximum absolute atomic E-state index is 11.3. The Hall–Kier alpha value is -1.55. The third-order valence-electron chi connectivity index (χ3n) is 3.54. The number of aromatic carboxylic acids is 1. The van der Waals surface area contributed by atoms with E-state index in [0.717, 1.165) is 44.0 Å². The summed E-state index contributed by atoms with van der Waals surface area (Å²) < 4.78 is 0. The molecule has 1 aliphatic heterocycles. The quantitative estimate of drug-likeness (QED) is 0.886. The van der Waals surface area contributed by atoms with Gasteiger partial charge in [0.15, 0.2) is 0 Å². The van der Waals surface area contributed by atoms with E-state index in [1.807, 2.05) is 19.1 Å². The zero-order valence-electron chi connectivity index (χ0n) is 11.0. The number of likely N-dealkylation sites (N-methyl/N-ethyl adjacent to an activating group) is 1. The van der Waals surface area contributed by atoms with Crippen molar-refractivity contribution in [2.75, 3.05) is 37.6 Å². The lowest BCUT2D eigenvalue weighted by Crippen LogP contribution is -2.46. The Bertz CT molecular complexity index is 437. The molecule has 0 amide bonds. The molecule has 1 aromatic rings. The van der Waals surface area contributed by atoms with Crippen LogP contribution in [0.4, 0.5) is 5.69 Å². The maximum atomic E-state index is 11.3. The lowest BCUT2D eigenvalue weighted by molar-refractivity contribution is 0.0697. The van der Waals surface area contributed by atoms with Crippen LogP contribution in [0, 0.1) is 6.92 Å². The van der Waals surface area contributed by atoms with Crippen molar-refractivity contribution in [2.24, 2.45) is 0 Å². The molecule has 1 heterocycles. The first-order valence-electron chi connectivity index (χ1n) is 6.43. The summed E-state index contributed by atoms with van der Waals surface area (Å²) in [6, 6.07) is 5.54. The minimum absolute atomic E-state index is 0.408. The summed E-state index contributed by atoms with van der Waals surface area (Å²) in [5.74, 6) is -0.845. The number of hydrogen-bond acceptors (Lipinski definition) is 3. The fourth-order valence-electron chi connectivity index (χ4n) is 2.39. The van der Waals surface area contributed by atoms with Crippen molar-refractivity contribution in [3.8, 4) is 0 Å². The van der Waals surface area contributed by atoms with Crippen LogP contribution in [0.1, 0.15) is 22.8 Å². The predicted octanol–water partition coefficient (Wildman–Crippen LogP) is 1.84. The number of rotatable bonds is 3. The zero-order chi connectivity index (χ0) is 13.1. The van der Waals surface area contributed by atoms with Crippen LogP contribution in [-0.4, -0.2) is 48.7 Å². The van der Waals surface area contributed by atoms with Crippen LogP contribution in [0.15, 0.2) is 18.2 Å². The molecule has 0 radical (unpaired) electrons. The van der Waals surface area contributed by atoms with E-state index in [1.165, 1.54) is 0 Å². The molecule has 0 saturated carbocycles. The molecule has 98 valence electrons. The minimum atomic E-state index is -0.845. The molecule has 0 spiro atoms. The second kappa shape index (κ2) is 5.40. The van der Waals surface area contributed by atoms with Crippen LogP contribution >= 0.6 is 0 Å². The number of carbonyl (C=O) groups is 1. The Morgan fingerprint density at radius 1 is 1.28 bits per heavy atom. The molecule has 0 aromatic heterocycles. The van der Waals surface area contributed by atoms with Gasteiger partial charge in [-0.1, -0.05) is 13.0 Å². The Balaban J connectivity index is 2.22. The zero-order valence-corrected chi connectivity index (χ0v) is 11.0. The number of hydrogen-bond donors (Lipinski definition) is 1. The minimum Gasteiger partial charge on any atom is -0.478 e. The van der Waals surface area contributed by atoms with E-state index < -0.39 is 5.97 Å². The highest BCUT2D eigenvalue weighted by molar-refractivity contribution is 5.94. The Morgan fingerprint density at radius 3 is 2.50 bits per heavy atom. The van der Waals surface area contributed by atoms with E-state index >= 15 is 0 Å². The third-order valence-corrected chi connectivity index (χ3v) is 3.54. The van der Waals surface area contributed by atoms with Gasteiger partial charge < -0.3 is 14.9 Å². The Kier molecular flexibility index (Phi) is 3.87. The summed E-state index contributed by atoms with van der Waals surface area (Å²) in [6.07, 6.45) is 0. The molecule has 4 heteroatoms. The van der Waals surface area contributed by atoms with Crippen molar-refractivity contribution < 1.29 is 9.90 Å². The number of piperazine rings is 1. The molecule has 1 aromatic carbocycles. The van der Waals surface area contributed by atoms with Gasteiger partial charge in [-0.2, -0.15) is 0 Å². The molecule has 0 unspecified atom stereocenters. The van der Waals surface area contributed by atoms with Gasteiger partial charge in [0.05, 0.1) is 11.3 Å². The molecule has 2 rings (SSSR count). The first-order chi connectivity index (χ1) is 8.61. The van der Waals surface area contributed by atoms with Gasteiger partial charge >= 0.3 is 5.97 Å².